The molecule has 29 heavy (non-hydrogen) atoms. The first-order valence-electron chi connectivity index (χ1n) is 10.2. The fourth-order valence-corrected chi connectivity index (χ4v) is 3.15. The molecule has 0 saturated heterocycles. The van der Waals surface area contributed by atoms with Crippen LogP contribution in [0.4, 0.5) is 10.5 Å². The van der Waals surface area contributed by atoms with E-state index in [9.17, 15) is 9.59 Å². The minimum Gasteiger partial charge on any atom is -0.491 e. The number of hydrogen-bond donors (Lipinski definition) is 3. The number of nitrogens with zero attached hydrogens (tertiary/aromatic N) is 1. The summed E-state index contributed by atoms with van der Waals surface area (Å²) in [6, 6.07) is 4.92. The Bertz CT molecular complexity index is 697. The number of carbonyl (C=O) groups is 2. The predicted molar refractivity (Wildman–Crippen MR) is 114 cm³/mol. The molecule has 3 atom stereocenters. The topological polar surface area (TPSA) is 91.9 Å². The van der Waals surface area contributed by atoms with Crippen LogP contribution in [0.25, 0.3) is 0 Å². The molecule has 0 bridgehead atoms. The zero-order valence-electron chi connectivity index (χ0n) is 18.1. The van der Waals surface area contributed by atoms with Crippen LogP contribution >= 0.6 is 0 Å². The summed E-state index contributed by atoms with van der Waals surface area (Å²) in [5.41, 5.74) is 1.03. The number of rotatable bonds is 4. The Labute approximate surface area is 173 Å². The molecule has 162 valence electrons. The molecule has 1 aliphatic rings. The van der Waals surface area contributed by atoms with Crippen LogP contribution in [0.2, 0.25) is 0 Å². The minimum atomic E-state index is -0.282. The van der Waals surface area contributed by atoms with E-state index in [2.05, 4.69) is 22.9 Å². The second-order valence-corrected chi connectivity index (χ2v) is 7.65. The van der Waals surface area contributed by atoms with Gasteiger partial charge in [-0.3, -0.25) is 4.79 Å². The molecule has 0 fully saturated rings. The van der Waals surface area contributed by atoms with E-state index in [1.165, 1.54) is 0 Å². The summed E-state index contributed by atoms with van der Waals surface area (Å²) < 4.78 is 11.6. The normalized spacial score (nSPS) is 23.3. The fourth-order valence-electron chi connectivity index (χ4n) is 3.15. The third-order valence-electron chi connectivity index (χ3n) is 5.02. The maximum atomic E-state index is 13.1. The first-order chi connectivity index (χ1) is 13.8. The van der Waals surface area contributed by atoms with E-state index in [0.717, 1.165) is 13.0 Å². The molecule has 1 heterocycles. The predicted octanol–water partition coefficient (Wildman–Crippen LogP) is 2.31. The van der Waals surface area contributed by atoms with Gasteiger partial charge in [0.25, 0.3) is 5.91 Å². The van der Waals surface area contributed by atoms with Crippen molar-refractivity contribution in [1.82, 2.24) is 15.5 Å². The molecule has 3 N–H and O–H groups in total. The molecule has 0 unspecified atom stereocenters. The standard InChI is InChI=1S/C21H34N4O4/c1-6-9-22-21(27)24-16-7-8-17-18(10-16)29-13-15(3)23-11-14(2)19(28-5)12-25(4)20(17)26/h7-8,10,14-15,19,23H,6,9,11-13H2,1-5H3,(H2,22,24,27)/t14-,15+,19-/m0/s1. The van der Waals surface area contributed by atoms with Gasteiger partial charge in [-0.2, -0.15) is 0 Å². The van der Waals surface area contributed by atoms with Crippen molar-refractivity contribution in [1.29, 1.82) is 0 Å². The summed E-state index contributed by atoms with van der Waals surface area (Å²) in [5.74, 6) is 0.550. The van der Waals surface area contributed by atoms with Crippen molar-refractivity contribution in [2.24, 2.45) is 5.92 Å². The number of likely N-dealkylation sites (N-methyl/N-ethyl adjacent to an activating group) is 1. The van der Waals surface area contributed by atoms with Crippen LogP contribution in [-0.4, -0.2) is 69.4 Å². The van der Waals surface area contributed by atoms with Gasteiger partial charge in [-0.1, -0.05) is 13.8 Å². The summed E-state index contributed by atoms with van der Waals surface area (Å²) in [6.45, 7) is 8.37. The Morgan fingerprint density at radius 3 is 2.83 bits per heavy atom. The molecule has 3 amide bonds. The van der Waals surface area contributed by atoms with Crippen molar-refractivity contribution in [2.75, 3.05) is 45.7 Å². The van der Waals surface area contributed by atoms with E-state index in [1.807, 2.05) is 13.8 Å². The SMILES string of the molecule is CCCNC(=O)Nc1ccc2c(c1)OC[C@@H](C)NC[C@H](C)[C@@H](OC)CN(C)C2=O. The number of fused-ring (bicyclic) bond motifs is 1. The molecular formula is C21H34N4O4. The average molecular weight is 407 g/mol. The summed E-state index contributed by atoms with van der Waals surface area (Å²) >= 11 is 0. The highest BCUT2D eigenvalue weighted by Crippen LogP contribution is 2.26. The minimum absolute atomic E-state index is 0.0735. The van der Waals surface area contributed by atoms with Crippen LogP contribution in [0, 0.1) is 5.92 Å². The Kier molecular flexibility index (Phi) is 8.72. The van der Waals surface area contributed by atoms with Gasteiger partial charge in [-0.15, -0.1) is 0 Å². The van der Waals surface area contributed by atoms with Gasteiger partial charge in [0.2, 0.25) is 0 Å². The zero-order chi connectivity index (χ0) is 21.4. The Hall–Kier alpha value is -2.32. The quantitative estimate of drug-likeness (QED) is 0.714. The molecule has 0 aliphatic carbocycles. The third kappa shape index (κ3) is 6.61. The van der Waals surface area contributed by atoms with E-state index in [1.54, 1.807) is 37.3 Å². The molecule has 1 aromatic rings. The van der Waals surface area contributed by atoms with E-state index < -0.39 is 0 Å². The molecule has 2 rings (SSSR count). The van der Waals surface area contributed by atoms with E-state index in [0.29, 0.717) is 36.7 Å². The van der Waals surface area contributed by atoms with E-state index >= 15 is 0 Å². The molecule has 1 aromatic carbocycles. The van der Waals surface area contributed by atoms with Gasteiger partial charge in [-0.25, -0.2) is 4.79 Å². The number of urea groups is 1. The van der Waals surface area contributed by atoms with Gasteiger partial charge >= 0.3 is 6.03 Å². The number of methoxy groups -OCH3 is 1. The van der Waals surface area contributed by atoms with Crippen LogP contribution in [0.3, 0.4) is 0 Å². The molecule has 8 heteroatoms. The molecule has 0 aromatic heterocycles. The number of hydrogen-bond acceptors (Lipinski definition) is 5. The maximum absolute atomic E-state index is 13.1. The van der Waals surface area contributed by atoms with Gasteiger partial charge in [-0.05, 0) is 31.4 Å². The second-order valence-electron chi connectivity index (χ2n) is 7.65. The van der Waals surface area contributed by atoms with Gasteiger partial charge in [0.1, 0.15) is 12.4 Å². The molecular weight excluding hydrogens is 372 g/mol. The lowest BCUT2D eigenvalue weighted by Gasteiger charge is -2.30. The number of ether oxygens (including phenoxy) is 2. The fraction of sp³-hybridized carbons (Fsp3) is 0.619. The van der Waals surface area contributed by atoms with Crippen molar-refractivity contribution in [3.05, 3.63) is 23.8 Å². The molecule has 1 aliphatic heterocycles. The van der Waals surface area contributed by atoms with Gasteiger partial charge in [0.05, 0.1) is 11.7 Å². The lowest BCUT2D eigenvalue weighted by atomic mass is 10.0. The van der Waals surface area contributed by atoms with Gasteiger partial charge in [0.15, 0.2) is 0 Å². The number of anilines is 1. The van der Waals surface area contributed by atoms with Gasteiger partial charge in [0, 0.05) is 51.6 Å². The zero-order valence-corrected chi connectivity index (χ0v) is 18.1. The number of carbonyl (C=O) groups excluding carboxylic acids is 2. The van der Waals surface area contributed by atoms with Crippen molar-refractivity contribution in [3.8, 4) is 5.75 Å². The monoisotopic (exact) mass is 406 g/mol. The highest BCUT2D eigenvalue weighted by Gasteiger charge is 2.25. The van der Waals surface area contributed by atoms with Crippen molar-refractivity contribution >= 4 is 17.6 Å². The van der Waals surface area contributed by atoms with Crippen molar-refractivity contribution < 1.29 is 19.1 Å². The maximum Gasteiger partial charge on any atom is 0.319 e. The second kappa shape index (κ2) is 11.0. The van der Waals surface area contributed by atoms with Crippen LogP contribution in [-0.2, 0) is 4.74 Å². The molecule has 0 radical (unpaired) electrons. The van der Waals surface area contributed by atoms with Crippen LogP contribution in [0.5, 0.6) is 5.75 Å². The average Bonchev–Trinajstić information content (AvgIpc) is 2.71. The first-order valence-corrected chi connectivity index (χ1v) is 10.2. The summed E-state index contributed by atoms with van der Waals surface area (Å²) in [6.07, 6.45) is 0.781. The Morgan fingerprint density at radius 1 is 1.38 bits per heavy atom. The van der Waals surface area contributed by atoms with Crippen LogP contribution < -0.4 is 20.7 Å². The number of amides is 3. The summed E-state index contributed by atoms with van der Waals surface area (Å²) in [7, 11) is 3.43. The molecule has 0 saturated carbocycles. The highest BCUT2D eigenvalue weighted by molar-refractivity contribution is 5.98. The van der Waals surface area contributed by atoms with Crippen LogP contribution in [0.1, 0.15) is 37.6 Å². The third-order valence-corrected chi connectivity index (χ3v) is 5.02. The van der Waals surface area contributed by atoms with Crippen molar-refractivity contribution in [3.63, 3.8) is 0 Å². The van der Waals surface area contributed by atoms with Gasteiger partial charge < -0.3 is 30.3 Å². The van der Waals surface area contributed by atoms with Crippen molar-refractivity contribution in [2.45, 2.75) is 39.3 Å². The summed E-state index contributed by atoms with van der Waals surface area (Å²) in [4.78, 5) is 26.7. The number of nitrogens with one attached hydrogen (secondary N) is 3. The highest BCUT2D eigenvalue weighted by atomic mass is 16.5. The lowest BCUT2D eigenvalue weighted by molar-refractivity contribution is 0.0281. The largest absolute Gasteiger partial charge is 0.491 e. The molecule has 8 nitrogen and oxygen atoms in total. The van der Waals surface area contributed by atoms with E-state index in [4.69, 9.17) is 9.47 Å². The summed E-state index contributed by atoms with van der Waals surface area (Å²) in [5, 5.41) is 9.00. The number of benzene rings is 1. The first kappa shape index (κ1) is 23.0. The van der Waals surface area contributed by atoms with E-state index in [-0.39, 0.29) is 30.0 Å². The Balaban J connectivity index is 2.27. The molecule has 0 spiro atoms. The Morgan fingerprint density at radius 2 is 2.14 bits per heavy atom. The van der Waals surface area contributed by atoms with Crippen LogP contribution in [0.15, 0.2) is 18.2 Å². The smallest absolute Gasteiger partial charge is 0.319 e. The lowest BCUT2D eigenvalue weighted by Crippen LogP contribution is -2.44.